The molecule has 0 aliphatic rings. The maximum Gasteiger partial charge on any atom is 0.238 e. The summed E-state index contributed by atoms with van der Waals surface area (Å²) in [6, 6.07) is 3.89. The molecule has 0 atom stereocenters. The van der Waals surface area contributed by atoms with Crippen molar-refractivity contribution < 1.29 is 4.74 Å². The van der Waals surface area contributed by atoms with E-state index in [4.69, 9.17) is 16.3 Å². The minimum absolute atomic E-state index is 0.321. The van der Waals surface area contributed by atoms with Crippen molar-refractivity contribution in [1.29, 1.82) is 0 Å². The molecule has 0 saturated heterocycles. The first-order valence-corrected chi connectivity index (χ1v) is 7.77. The van der Waals surface area contributed by atoms with Crippen molar-refractivity contribution in [1.82, 2.24) is 9.97 Å². The molecule has 0 spiro atoms. The molecule has 0 saturated carbocycles. The Morgan fingerprint density at radius 3 is 2.67 bits per heavy atom. The molecule has 1 aromatic heterocycles. The Bertz CT molecular complexity index is 662. The lowest BCUT2D eigenvalue weighted by Crippen LogP contribution is -2.00. The van der Waals surface area contributed by atoms with Gasteiger partial charge in [-0.1, -0.05) is 25.4 Å². The van der Waals surface area contributed by atoms with Gasteiger partial charge in [0.25, 0.3) is 0 Å². The normalized spacial score (nSPS) is 10.8. The number of ether oxygens (including phenoxy) is 1. The van der Waals surface area contributed by atoms with Crippen molar-refractivity contribution >= 4 is 33.5 Å². The fraction of sp³-hybridized carbons (Fsp3) is 0.333. The number of anilines is 1. The lowest BCUT2D eigenvalue weighted by Gasteiger charge is -2.14. The van der Waals surface area contributed by atoms with Gasteiger partial charge in [-0.15, -0.1) is 0 Å². The molecule has 0 aliphatic heterocycles. The fourth-order valence-corrected chi connectivity index (χ4v) is 2.58. The number of aryl methyl sites for hydroxylation is 1. The second kappa shape index (κ2) is 6.62. The van der Waals surface area contributed by atoms with Crippen molar-refractivity contribution in [3.8, 4) is 11.6 Å². The molecular formula is C15H17BrClN3O. The molecule has 21 heavy (non-hydrogen) atoms. The van der Waals surface area contributed by atoms with E-state index in [1.54, 1.807) is 13.2 Å². The molecule has 0 amide bonds. The molecule has 1 N–H and O–H groups in total. The molecule has 1 aromatic carbocycles. The van der Waals surface area contributed by atoms with Crippen LogP contribution in [0.3, 0.4) is 0 Å². The SMILES string of the molecule is CNc1ncc(Br)c(Oc2cc(C(C)C)c(Cl)cc2C)n1. The zero-order valence-electron chi connectivity index (χ0n) is 12.4. The predicted molar refractivity (Wildman–Crippen MR) is 89.6 cm³/mol. The summed E-state index contributed by atoms with van der Waals surface area (Å²) in [7, 11) is 1.76. The van der Waals surface area contributed by atoms with Gasteiger partial charge >= 0.3 is 0 Å². The highest BCUT2D eigenvalue weighted by Crippen LogP contribution is 2.35. The van der Waals surface area contributed by atoms with Crippen molar-refractivity contribution in [3.63, 3.8) is 0 Å². The first-order valence-electron chi connectivity index (χ1n) is 6.60. The molecule has 4 nitrogen and oxygen atoms in total. The second-order valence-corrected chi connectivity index (χ2v) is 6.25. The van der Waals surface area contributed by atoms with E-state index in [9.17, 15) is 0 Å². The lowest BCUT2D eigenvalue weighted by atomic mass is 10.0. The van der Waals surface area contributed by atoms with E-state index in [0.29, 0.717) is 22.2 Å². The van der Waals surface area contributed by atoms with Crippen molar-refractivity contribution in [2.24, 2.45) is 0 Å². The molecule has 1 heterocycles. The van der Waals surface area contributed by atoms with Gasteiger partial charge in [-0.05, 0) is 52.0 Å². The summed E-state index contributed by atoms with van der Waals surface area (Å²) in [5.41, 5.74) is 2.01. The summed E-state index contributed by atoms with van der Waals surface area (Å²) < 4.78 is 6.63. The number of halogens is 2. The van der Waals surface area contributed by atoms with Crippen LogP contribution in [-0.2, 0) is 0 Å². The summed E-state index contributed by atoms with van der Waals surface area (Å²) in [4.78, 5) is 8.41. The Morgan fingerprint density at radius 2 is 2.05 bits per heavy atom. The highest BCUT2D eigenvalue weighted by atomic mass is 79.9. The molecule has 0 aliphatic carbocycles. The summed E-state index contributed by atoms with van der Waals surface area (Å²) >= 11 is 9.68. The summed E-state index contributed by atoms with van der Waals surface area (Å²) in [5, 5.41) is 3.65. The third-order valence-electron chi connectivity index (χ3n) is 3.06. The van der Waals surface area contributed by atoms with E-state index in [0.717, 1.165) is 21.9 Å². The standard InChI is InChI=1S/C15H17BrClN3O/c1-8(2)10-6-13(9(3)5-12(10)17)21-14-11(16)7-19-15(18-4)20-14/h5-8H,1-4H3,(H,18,19,20). The second-order valence-electron chi connectivity index (χ2n) is 4.99. The Labute approximate surface area is 138 Å². The number of benzene rings is 1. The fourth-order valence-electron chi connectivity index (χ4n) is 1.87. The van der Waals surface area contributed by atoms with Crippen LogP contribution in [-0.4, -0.2) is 17.0 Å². The van der Waals surface area contributed by atoms with E-state index in [2.05, 4.69) is 45.1 Å². The van der Waals surface area contributed by atoms with Gasteiger partial charge in [0.1, 0.15) is 5.75 Å². The highest BCUT2D eigenvalue weighted by molar-refractivity contribution is 9.10. The number of rotatable bonds is 4. The van der Waals surface area contributed by atoms with Crippen LogP contribution >= 0.6 is 27.5 Å². The maximum atomic E-state index is 6.28. The number of nitrogens with zero attached hydrogens (tertiary/aromatic N) is 2. The van der Waals surface area contributed by atoms with E-state index in [-0.39, 0.29) is 0 Å². The zero-order chi connectivity index (χ0) is 15.6. The van der Waals surface area contributed by atoms with Crippen LogP contribution in [0.1, 0.15) is 30.9 Å². The number of nitrogens with one attached hydrogen (secondary N) is 1. The van der Waals surface area contributed by atoms with Crippen LogP contribution in [0.5, 0.6) is 11.6 Å². The third-order valence-corrected chi connectivity index (χ3v) is 3.93. The van der Waals surface area contributed by atoms with Gasteiger partial charge in [-0.2, -0.15) is 4.98 Å². The molecule has 0 bridgehead atoms. The Balaban J connectivity index is 2.42. The van der Waals surface area contributed by atoms with Gasteiger partial charge in [0, 0.05) is 12.1 Å². The van der Waals surface area contributed by atoms with Gasteiger partial charge < -0.3 is 10.1 Å². The molecule has 112 valence electrons. The first-order chi connectivity index (χ1) is 9.92. The van der Waals surface area contributed by atoms with Gasteiger partial charge in [-0.25, -0.2) is 4.98 Å². The molecule has 0 fully saturated rings. The summed E-state index contributed by atoms with van der Waals surface area (Å²) in [6.45, 7) is 6.15. The number of hydrogen-bond acceptors (Lipinski definition) is 4. The highest BCUT2D eigenvalue weighted by Gasteiger charge is 2.13. The Kier molecular flexibility index (Phi) is 5.06. The van der Waals surface area contributed by atoms with Crippen LogP contribution in [0, 0.1) is 6.92 Å². The first kappa shape index (κ1) is 16.0. The number of aromatic nitrogens is 2. The van der Waals surface area contributed by atoms with Crippen molar-refractivity contribution in [2.75, 3.05) is 12.4 Å². The summed E-state index contributed by atoms with van der Waals surface area (Å²) in [5.74, 6) is 2.03. The molecule has 2 aromatic rings. The minimum Gasteiger partial charge on any atom is -0.437 e. The largest absolute Gasteiger partial charge is 0.437 e. The third kappa shape index (κ3) is 3.66. The Morgan fingerprint density at radius 1 is 1.33 bits per heavy atom. The van der Waals surface area contributed by atoms with Crippen LogP contribution < -0.4 is 10.1 Å². The minimum atomic E-state index is 0.321. The molecule has 2 rings (SSSR count). The van der Waals surface area contributed by atoms with Crippen LogP contribution in [0.25, 0.3) is 0 Å². The van der Waals surface area contributed by atoms with Gasteiger partial charge in [0.05, 0.1) is 10.7 Å². The van der Waals surface area contributed by atoms with E-state index >= 15 is 0 Å². The predicted octanol–water partition coefficient (Wildman–Crippen LogP) is 5.16. The average Bonchev–Trinajstić information content (AvgIpc) is 2.43. The molecule has 0 radical (unpaired) electrons. The molecule has 0 unspecified atom stereocenters. The zero-order valence-corrected chi connectivity index (χ0v) is 14.7. The monoisotopic (exact) mass is 369 g/mol. The van der Waals surface area contributed by atoms with Gasteiger partial charge in [0.15, 0.2) is 0 Å². The van der Waals surface area contributed by atoms with Gasteiger partial charge in [0.2, 0.25) is 11.8 Å². The van der Waals surface area contributed by atoms with E-state index < -0.39 is 0 Å². The van der Waals surface area contributed by atoms with Gasteiger partial charge in [-0.3, -0.25) is 0 Å². The lowest BCUT2D eigenvalue weighted by molar-refractivity contribution is 0.454. The van der Waals surface area contributed by atoms with E-state index in [1.807, 2.05) is 19.1 Å². The van der Waals surface area contributed by atoms with Crippen molar-refractivity contribution in [2.45, 2.75) is 26.7 Å². The smallest absolute Gasteiger partial charge is 0.238 e. The van der Waals surface area contributed by atoms with Crippen molar-refractivity contribution in [3.05, 3.63) is 39.0 Å². The average molecular weight is 371 g/mol. The van der Waals surface area contributed by atoms with Crippen LogP contribution in [0.15, 0.2) is 22.8 Å². The molecule has 6 heteroatoms. The summed E-state index contributed by atoms with van der Waals surface area (Å²) in [6.07, 6.45) is 1.66. The number of hydrogen-bond donors (Lipinski definition) is 1. The topological polar surface area (TPSA) is 47.0 Å². The quantitative estimate of drug-likeness (QED) is 0.807. The van der Waals surface area contributed by atoms with Crippen LogP contribution in [0.4, 0.5) is 5.95 Å². The molecular weight excluding hydrogens is 354 g/mol. The maximum absolute atomic E-state index is 6.28. The Hall–Kier alpha value is -1.33. The van der Waals surface area contributed by atoms with E-state index in [1.165, 1.54) is 0 Å². The van der Waals surface area contributed by atoms with Crippen LogP contribution in [0.2, 0.25) is 5.02 Å².